The first-order chi connectivity index (χ1) is 5.74. The van der Waals surface area contributed by atoms with Gasteiger partial charge in [-0.25, -0.2) is 0 Å². The van der Waals surface area contributed by atoms with E-state index in [0.29, 0.717) is 5.92 Å². The molecule has 0 aliphatic heterocycles. The second kappa shape index (κ2) is 4.24. The van der Waals surface area contributed by atoms with Crippen LogP contribution in [0.2, 0.25) is 0 Å². The molecule has 1 aromatic rings. The summed E-state index contributed by atoms with van der Waals surface area (Å²) in [7, 11) is 0. The molecule has 0 amide bonds. The van der Waals surface area contributed by atoms with Crippen molar-refractivity contribution in [3.8, 4) is 0 Å². The Hall–Kier alpha value is -0.860. The highest BCUT2D eigenvalue weighted by molar-refractivity contribution is 5.08. The van der Waals surface area contributed by atoms with Gasteiger partial charge in [-0.15, -0.1) is 5.10 Å². The van der Waals surface area contributed by atoms with Crippen LogP contribution in [0.25, 0.3) is 0 Å². The Morgan fingerprint density at radius 2 is 2.17 bits per heavy atom. The number of nitrogens with one attached hydrogen (secondary N) is 1. The molecule has 0 radical (unpaired) electrons. The van der Waals surface area contributed by atoms with E-state index in [1.54, 1.807) is 0 Å². The minimum Gasteiger partial charge on any atom is -0.262 e. The molecule has 0 unspecified atom stereocenters. The van der Waals surface area contributed by atoms with Crippen molar-refractivity contribution in [1.82, 2.24) is 15.4 Å². The molecule has 1 N–H and O–H groups in total. The largest absolute Gasteiger partial charge is 0.262 e. The molecule has 0 bridgehead atoms. The molecule has 1 rings (SSSR count). The number of hydrogen-bond donors (Lipinski definition) is 1. The second-order valence-electron chi connectivity index (χ2n) is 3.59. The monoisotopic (exact) mass is 167 g/mol. The van der Waals surface area contributed by atoms with E-state index >= 15 is 0 Å². The maximum Gasteiger partial charge on any atom is 0.0856 e. The van der Waals surface area contributed by atoms with Crippen LogP contribution in [0.15, 0.2) is 0 Å². The molecule has 0 aromatic carbocycles. The van der Waals surface area contributed by atoms with Crippen molar-refractivity contribution in [2.45, 2.75) is 40.0 Å². The van der Waals surface area contributed by atoms with Gasteiger partial charge in [0, 0.05) is 0 Å². The van der Waals surface area contributed by atoms with E-state index < -0.39 is 0 Å². The van der Waals surface area contributed by atoms with Crippen molar-refractivity contribution < 1.29 is 0 Å². The molecule has 1 heterocycles. The van der Waals surface area contributed by atoms with Crippen molar-refractivity contribution in [2.24, 2.45) is 5.92 Å². The summed E-state index contributed by atoms with van der Waals surface area (Å²) in [6.45, 7) is 6.57. The highest BCUT2D eigenvalue weighted by atomic mass is 15.3. The molecule has 0 saturated carbocycles. The first kappa shape index (κ1) is 9.23. The van der Waals surface area contributed by atoms with Crippen LogP contribution < -0.4 is 0 Å². The summed E-state index contributed by atoms with van der Waals surface area (Å²) in [6, 6.07) is 0. The summed E-state index contributed by atoms with van der Waals surface area (Å²) in [4.78, 5) is 0. The number of aryl methyl sites for hydroxylation is 1. The molecule has 0 saturated heterocycles. The smallest absolute Gasteiger partial charge is 0.0856 e. The van der Waals surface area contributed by atoms with E-state index in [9.17, 15) is 0 Å². The normalized spacial score (nSPS) is 11.0. The number of H-pyrrole nitrogens is 1. The Morgan fingerprint density at radius 3 is 2.75 bits per heavy atom. The number of hydrogen-bond acceptors (Lipinski definition) is 2. The maximum absolute atomic E-state index is 4.05. The Bertz CT molecular complexity index is 227. The van der Waals surface area contributed by atoms with Gasteiger partial charge in [-0.05, 0) is 18.8 Å². The molecule has 0 atom stereocenters. The molecule has 1 aromatic heterocycles. The fourth-order valence-electron chi connectivity index (χ4n) is 1.28. The van der Waals surface area contributed by atoms with Crippen LogP contribution in [0, 0.1) is 5.92 Å². The topological polar surface area (TPSA) is 41.6 Å². The molecule has 0 spiro atoms. The number of nitrogens with zero attached hydrogens (tertiary/aromatic N) is 2. The minimum atomic E-state index is 0.669. The zero-order valence-electron chi connectivity index (χ0n) is 8.09. The second-order valence-corrected chi connectivity index (χ2v) is 3.59. The Kier molecular flexibility index (Phi) is 3.26. The van der Waals surface area contributed by atoms with Crippen LogP contribution in [0.4, 0.5) is 0 Å². The van der Waals surface area contributed by atoms with Gasteiger partial charge in [-0.3, -0.25) is 5.10 Å². The van der Waals surface area contributed by atoms with E-state index in [0.717, 1.165) is 25.0 Å². The van der Waals surface area contributed by atoms with Gasteiger partial charge in [-0.2, -0.15) is 0 Å². The van der Waals surface area contributed by atoms with Crippen LogP contribution in [0.3, 0.4) is 0 Å². The molecule has 0 aliphatic rings. The predicted octanol–water partition coefficient (Wildman–Crippen LogP) is 1.96. The molecule has 0 fully saturated rings. The molecule has 68 valence electrons. The van der Waals surface area contributed by atoms with Gasteiger partial charge >= 0.3 is 0 Å². The Labute approximate surface area is 73.6 Å². The fourth-order valence-corrected chi connectivity index (χ4v) is 1.28. The SMILES string of the molecule is CCCc1nn[nH]c1CC(C)C. The van der Waals surface area contributed by atoms with Crippen LogP contribution in [0.5, 0.6) is 0 Å². The summed E-state index contributed by atoms with van der Waals surface area (Å²) in [6.07, 6.45) is 3.23. The van der Waals surface area contributed by atoms with E-state index in [4.69, 9.17) is 0 Å². The number of rotatable bonds is 4. The molecule has 12 heavy (non-hydrogen) atoms. The molecular formula is C9H17N3. The summed E-state index contributed by atoms with van der Waals surface area (Å²) < 4.78 is 0. The zero-order valence-corrected chi connectivity index (χ0v) is 8.09. The fraction of sp³-hybridized carbons (Fsp3) is 0.778. The predicted molar refractivity (Wildman–Crippen MR) is 48.9 cm³/mol. The average Bonchev–Trinajstić information content (AvgIpc) is 2.37. The molecule has 0 aliphatic carbocycles. The van der Waals surface area contributed by atoms with Gasteiger partial charge in [0.1, 0.15) is 0 Å². The standard InChI is InChI=1S/C9H17N3/c1-4-5-8-9(6-7(2)3)11-12-10-8/h7H,4-6H2,1-3H3,(H,10,11,12). The van der Waals surface area contributed by atoms with Crippen molar-refractivity contribution in [3.63, 3.8) is 0 Å². The van der Waals surface area contributed by atoms with E-state index in [1.807, 2.05) is 0 Å². The quantitative estimate of drug-likeness (QED) is 0.744. The zero-order chi connectivity index (χ0) is 8.97. The van der Waals surface area contributed by atoms with Crippen molar-refractivity contribution in [3.05, 3.63) is 11.4 Å². The molecular weight excluding hydrogens is 150 g/mol. The van der Waals surface area contributed by atoms with Crippen LogP contribution in [-0.2, 0) is 12.8 Å². The third kappa shape index (κ3) is 2.32. The van der Waals surface area contributed by atoms with E-state index in [1.165, 1.54) is 5.69 Å². The first-order valence-corrected chi connectivity index (χ1v) is 4.62. The van der Waals surface area contributed by atoms with Gasteiger partial charge in [0.25, 0.3) is 0 Å². The summed E-state index contributed by atoms with van der Waals surface area (Å²) >= 11 is 0. The van der Waals surface area contributed by atoms with Crippen molar-refractivity contribution in [1.29, 1.82) is 0 Å². The summed E-state index contributed by atoms with van der Waals surface area (Å²) in [5.41, 5.74) is 2.36. The lowest BCUT2D eigenvalue weighted by Gasteiger charge is -2.02. The van der Waals surface area contributed by atoms with Gasteiger partial charge < -0.3 is 0 Å². The lowest BCUT2D eigenvalue weighted by atomic mass is 10.1. The highest BCUT2D eigenvalue weighted by Gasteiger charge is 2.07. The summed E-state index contributed by atoms with van der Waals surface area (Å²) in [5, 5.41) is 10.8. The lowest BCUT2D eigenvalue weighted by molar-refractivity contribution is 0.628. The third-order valence-electron chi connectivity index (χ3n) is 1.80. The van der Waals surface area contributed by atoms with Crippen LogP contribution in [0.1, 0.15) is 38.6 Å². The van der Waals surface area contributed by atoms with Gasteiger partial charge in [0.2, 0.25) is 0 Å². The Morgan fingerprint density at radius 1 is 1.42 bits per heavy atom. The summed E-state index contributed by atoms with van der Waals surface area (Å²) in [5.74, 6) is 0.669. The van der Waals surface area contributed by atoms with Gasteiger partial charge in [-0.1, -0.05) is 32.4 Å². The molecule has 3 nitrogen and oxygen atoms in total. The lowest BCUT2D eigenvalue weighted by Crippen LogP contribution is -1.98. The van der Waals surface area contributed by atoms with E-state index in [-0.39, 0.29) is 0 Å². The van der Waals surface area contributed by atoms with Crippen molar-refractivity contribution >= 4 is 0 Å². The minimum absolute atomic E-state index is 0.669. The van der Waals surface area contributed by atoms with Crippen molar-refractivity contribution in [2.75, 3.05) is 0 Å². The van der Waals surface area contributed by atoms with Crippen LogP contribution in [-0.4, -0.2) is 15.4 Å². The first-order valence-electron chi connectivity index (χ1n) is 4.62. The Balaban J connectivity index is 2.63. The van der Waals surface area contributed by atoms with E-state index in [2.05, 4.69) is 36.2 Å². The number of aromatic nitrogens is 3. The third-order valence-corrected chi connectivity index (χ3v) is 1.80. The van der Waals surface area contributed by atoms with Gasteiger partial charge in [0.05, 0.1) is 11.4 Å². The molecule has 3 heteroatoms. The number of aromatic amines is 1. The van der Waals surface area contributed by atoms with Crippen LogP contribution >= 0.6 is 0 Å². The van der Waals surface area contributed by atoms with Gasteiger partial charge in [0.15, 0.2) is 0 Å². The highest BCUT2D eigenvalue weighted by Crippen LogP contribution is 2.09. The average molecular weight is 167 g/mol. The maximum atomic E-state index is 4.05.